The van der Waals surface area contributed by atoms with E-state index in [4.69, 9.17) is 22.4 Å². The Hall–Kier alpha value is -2.22. The summed E-state index contributed by atoms with van der Waals surface area (Å²) in [5.74, 6) is 2.90. The molecule has 0 saturated heterocycles. The number of hydrogen-bond acceptors (Lipinski definition) is 3. The number of halogens is 1. The molecule has 1 atom stereocenters. The Labute approximate surface area is 120 Å². The molecule has 0 aliphatic carbocycles. The zero-order chi connectivity index (χ0) is 14.3. The van der Waals surface area contributed by atoms with E-state index in [0.717, 1.165) is 5.56 Å². The van der Waals surface area contributed by atoms with Crippen molar-refractivity contribution < 1.29 is 9.52 Å². The molecule has 100 valence electrons. The topological polar surface area (TPSA) is 50.7 Å². The van der Waals surface area contributed by atoms with E-state index < -0.39 is 6.10 Å². The summed E-state index contributed by atoms with van der Waals surface area (Å²) in [6, 6.07) is 7.13. The van der Waals surface area contributed by atoms with Gasteiger partial charge in [0.2, 0.25) is 0 Å². The third kappa shape index (κ3) is 1.80. The summed E-state index contributed by atoms with van der Waals surface area (Å²) in [5, 5.41) is 15.0. The van der Waals surface area contributed by atoms with Gasteiger partial charge in [-0.3, -0.25) is 0 Å². The molecule has 1 N–H and O–H groups in total. The van der Waals surface area contributed by atoms with Crippen LogP contribution in [0.25, 0.3) is 17.0 Å². The molecule has 0 bridgehead atoms. The first-order chi connectivity index (χ1) is 9.63. The van der Waals surface area contributed by atoms with Crippen molar-refractivity contribution in [2.45, 2.75) is 13.0 Å². The fourth-order valence-electron chi connectivity index (χ4n) is 2.19. The van der Waals surface area contributed by atoms with Gasteiger partial charge in [0.05, 0.1) is 11.8 Å². The minimum Gasteiger partial charge on any atom is -0.462 e. The Kier molecular flexibility index (Phi) is 3.01. The fraction of sp³-hybridized carbons (Fsp3) is 0.133. The third-order valence-electron chi connectivity index (χ3n) is 3.16. The van der Waals surface area contributed by atoms with Crippen LogP contribution < -0.4 is 0 Å². The molecule has 4 nitrogen and oxygen atoms in total. The second-order valence-corrected chi connectivity index (χ2v) is 4.80. The lowest BCUT2D eigenvalue weighted by Gasteiger charge is -2.04. The van der Waals surface area contributed by atoms with Gasteiger partial charge in [0, 0.05) is 5.56 Å². The molecule has 0 amide bonds. The molecule has 0 fully saturated rings. The molecule has 20 heavy (non-hydrogen) atoms. The number of fused-ring (bicyclic) bond motifs is 1. The molecule has 0 aliphatic rings. The van der Waals surface area contributed by atoms with Gasteiger partial charge in [-0.25, -0.2) is 4.52 Å². The molecule has 1 unspecified atom stereocenters. The monoisotopic (exact) mass is 286 g/mol. The van der Waals surface area contributed by atoms with Crippen LogP contribution in [0, 0.1) is 19.3 Å². The Bertz CT molecular complexity index is 826. The van der Waals surface area contributed by atoms with E-state index in [-0.39, 0.29) is 0 Å². The highest BCUT2D eigenvalue weighted by Crippen LogP contribution is 2.34. The van der Waals surface area contributed by atoms with Gasteiger partial charge in [0.25, 0.3) is 0 Å². The average Bonchev–Trinajstić information content (AvgIpc) is 3.02. The summed E-state index contributed by atoms with van der Waals surface area (Å²) in [5.41, 5.74) is 2.60. The van der Waals surface area contributed by atoms with Crippen molar-refractivity contribution in [2.75, 3.05) is 0 Å². The lowest BCUT2D eigenvalue weighted by molar-refractivity contribution is 0.240. The lowest BCUT2D eigenvalue weighted by atomic mass is 10.1. The zero-order valence-corrected chi connectivity index (χ0v) is 11.4. The molecule has 0 saturated carbocycles. The number of aliphatic hydroxyl groups excluding tert-OH is 1. The standard InChI is InChI=1S/C15H11ClN2O2/c1-3-11(19)13-10-5-4-6-12(16)18(10)17-14(13)15-9(2)7-8-20-15/h1,4-8,11,19H,2H3. The minimum absolute atomic E-state index is 0.434. The van der Waals surface area contributed by atoms with Crippen LogP contribution >= 0.6 is 11.6 Å². The molecule has 3 aromatic heterocycles. The number of furan rings is 1. The zero-order valence-electron chi connectivity index (χ0n) is 10.7. The predicted molar refractivity (Wildman–Crippen MR) is 76.4 cm³/mol. The SMILES string of the molecule is C#CC(O)c1c(-c2occc2C)nn2c(Cl)cccc12. The first-order valence-electron chi connectivity index (χ1n) is 5.99. The quantitative estimate of drug-likeness (QED) is 0.581. The van der Waals surface area contributed by atoms with Crippen molar-refractivity contribution in [3.63, 3.8) is 0 Å². The van der Waals surface area contributed by atoms with E-state index in [1.165, 1.54) is 4.52 Å². The van der Waals surface area contributed by atoms with Crippen LogP contribution in [0.5, 0.6) is 0 Å². The summed E-state index contributed by atoms with van der Waals surface area (Å²) < 4.78 is 6.99. The van der Waals surface area contributed by atoms with Gasteiger partial charge >= 0.3 is 0 Å². The van der Waals surface area contributed by atoms with Gasteiger partial charge < -0.3 is 9.52 Å². The van der Waals surface area contributed by atoms with Crippen molar-refractivity contribution in [3.8, 4) is 23.8 Å². The first kappa shape index (κ1) is 12.8. The van der Waals surface area contributed by atoms with Crippen LogP contribution in [0.2, 0.25) is 5.15 Å². The second-order valence-electron chi connectivity index (χ2n) is 4.41. The molecule has 3 rings (SSSR count). The molecule has 0 radical (unpaired) electrons. The normalized spacial score (nSPS) is 12.5. The van der Waals surface area contributed by atoms with E-state index >= 15 is 0 Å². The largest absolute Gasteiger partial charge is 0.462 e. The number of hydrogen-bond donors (Lipinski definition) is 1. The van der Waals surface area contributed by atoms with Gasteiger partial charge in [0.15, 0.2) is 5.76 Å². The van der Waals surface area contributed by atoms with E-state index in [1.54, 1.807) is 24.5 Å². The number of aliphatic hydroxyl groups is 1. The maximum Gasteiger partial charge on any atom is 0.157 e. The number of pyridine rings is 1. The highest BCUT2D eigenvalue weighted by atomic mass is 35.5. The van der Waals surface area contributed by atoms with Crippen molar-refractivity contribution in [1.82, 2.24) is 9.61 Å². The summed E-state index contributed by atoms with van der Waals surface area (Å²) >= 11 is 6.13. The number of aromatic nitrogens is 2. The molecule has 5 heteroatoms. The Morgan fingerprint density at radius 1 is 1.45 bits per heavy atom. The van der Waals surface area contributed by atoms with E-state index in [1.807, 2.05) is 13.0 Å². The van der Waals surface area contributed by atoms with Gasteiger partial charge in [-0.2, -0.15) is 5.10 Å². The summed E-state index contributed by atoms with van der Waals surface area (Å²) in [6.45, 7) is 1.90. The number of nitrogens with zero attached hydrogens (tertiary/aromatic N) is 2. The van der Waals surface area contributed by atoms with Crippen LogP contribution in [-0.4, -0.2) is 14.7 Å². The van der Waals surface area contributed by atoms with Gasteiger partial charge in [-0.1, -0.05) is 23.6 Å². The van der Waals surface area contributed by atoms with Crippen LogP contribution in [-0.2, 0) is 0 Å². The Morgan fingerprint density at radius 2 is 2.25 bits per heavy atom. The van der Waals surface area contributed by atoms with E-state index in [9.17, 15) is 5.11 Å². The Morgan fingerprint density at radius 3 is 2.90 bits per heavy atom. The molecule has 3 heterocycles. The number of aryl methyl sites for hydroxylation is 1. The minimum atomic E-state index is -1.08. The van der Waals surface area contributed by atoms with Crippen LogP contribution in [0.15, 0.2) is 34.9 Å². The third-order valence-corrected chi connectivity index (χ3v) is 3.44. The molecule has 0 spiro atoms. The van der Waals surface area contributed by atoms with Crippen molar-refractivity contribution >= 4 is 17.1 Å². The molecule has 0 aromatic carbocycles. The highest BCUT2D eigenvalue weighted by molar-refractivity contribution is 6.29. The molecule has 0 aliphatic heterocycles. The van der Waals surface area contributed by atoms with Crippen LogP contribution in [0.3, 0.4) is 0 Å². The number of terminal acetylenes is 1. The summed E-state index contributed by atoms with van der Waals surface area (Å²) in [4.78, 5) is 0. The van der Waals surface area contributed by atoms with Crippen molar-refractivity contribution in [1.29, 1.82) is 0 Å². The maximum absolute atomic E-state index is 10.1. The smallest absolute Gasteiger partial charge is 0.157 e. The van der Waals surface area contributed by atoms with Crippen LogP contribution in [0.1, 0.15) is 17.2 Å². The number of rotatable bonds is 2. The first-order valence-corrected chi connectivity index (χ1v) is 6.37. The van der Waals surface area contributed by atoms with Crippen molar-refractivity contribution in [2.24, 2.45) is 0 Å². The average molecular weight is 287 g/mol. The van der Waals surface area contributed by atoms with Gasteiger partial charge in [-0.05, 0) is 30.7 Å². The fourth-order valence-corrected chi connectivity index (χ4v) is 2.39. The molecular weight excluding hydrogens is 276 g/mol. The molecule has 3 aromatic rings. The second kappa shape index (κ2) is 4.71. The summed E-state index contributed by atoms with van der Waals surface area (Å²) in [6.07, 6.45) is 5.85. The predicted octanol–water partition coefficient (Wildman–Crippen LogP) is 3.22. The Balaban J connectivity index is 2.40. The van der Waals surface area contributed by atoms with Gasteiger partial charge in [0.1, 0.15) is 17.0 Å². The van der Waals surface area contributed by atoms with Gasteiger partial charge in [-0.15, -0.1) is 6.42 Å². The van der Waals surface area contributed by atoms with Crippen LogP contribution in [0.4, 0.5) is 0 Å². The maximum atomic E-state index is 10.1. The van der Waals surface area contributed by atoms with E-state index in [0.29, 0.717) is 27.7 Å². The highest BCUT2D eigenvalue weighted by Gasteiger charge is 2.23. The lowest BCUT2D eigenvalue weighted by Crippen LogP contribution is -1.95. The van der Waals surface area contributed by atoms with E-state index in [2.05, 4.69) is 11.0 Å². The summed E-state index contributed by atoms with van der Waals surface area (Å²) in [7, 11) is 0. The molecular formula is C15H11ClN2O2. The van der Waals surface area contributed by atoms with Crippen molar-refractivity contribution in [3.05, 3.63) is 46.8 Å².